The molecule has 1 aromatic rings. The lowest BCUT2D eigenvalue weighted by molar-refractivity contribution is -0.384. The van der Waals surface area contributed by atoms with Gasteiger partial charge in [0.05, 0.1) is 13.2 Å². The number of aliphatic hydroxyl groups excluding tert-OH is 1. The lowest BCUT2D eigenvalue weighted by Gasteiger charge is -2.66. The van der Waals surface area contributed by atoms with Gasteiger partial charge in [0, 0.05) is 35.3 Å². The van der Waals surface area contributed by atoms with Gasteiger partial charge < -0.3 is 33.9 Å². The first-order chi connectivity index (χ1) is 15.3. The Bertz CT molecular complexity index is 1100. The first kappa shape index (κ1) is 21.6. The Hall–Kier alpha value is -1.87. The fraction of sp³-hybridized carbons (Fsp3) is 0.720. The molecule has 8 nitrogen and oxygen atoms in total. The van der Waals surface area contributed by atoms with Crippen LogP contribution in [0.3, 0.4) is 0 Å². The van der Waals surface area contributed by atoms with Crippen molar-refractivity contribution in [3.8, 4) is 11.5 Å². The van der Waals surface area contributed by atoms with Gasteiger partial charge in [-0.05, 0) is 46.1 Å². The van der Waals surface area contributed by atoms with E-state index in [1.54, 1.807) is 7.11 Å². The Morgan fingerprint density at radius 1 is 1.09 bits per heavy atom. The van der Waals surface area contributed by atoms with Crippen molar-refractivity contribution in [3.63, 3.8) is 0 Å². The van der Waals surface area contributed by atoms with Crippen LogP contribution in [0.25, 0.3) is 0 Å². The summed E-state index contributed by atoms with van der Waals surface area (Å²) in [5.74, 6) is -0.947. The van der Waals surface area contributed by atoms with Crippen molar-refractivity contribution in [2.75, 3.05) is 7.11 Å². The number of carbonyl (C=O) groups is 1. The quantitative estimate of drug-likeness (QED) is 0.617. The largest absolute Gasteiger partial charge is 0.495 e. The third kappa shape index (κ3) is 2.29. The van der Waals surface area contributed by atoms with Crippen LogP contribution < -0.4 is 9.47 Å². The van der Waals surface area contributed by atoms with Gasteiger partial charge in [-0.15, -0.1) is 0 Å². The first-order valence-electron chi connectivity index (χ1n) is 11.7. The van der Waals surface area contributed by atoms with Gasteiger partial charge >= 0.3 is 5.97 Å². The summed E-state index contributed by atoms with van der Waals surface area (Å²) in [5, 5.41) is 22.6. The van der Waals surface area contributed by atoms with Crippen molar-refractivity contribution >= 4 is 5.97 Å². The molecule has 1 aromatic carbocycles. The van der Waals surface area contributed by atoms with Crippen LogP contribution in [0.5, 0.6) is 11.5 Å². The molecule has 6 rings (SSSR count). The van der Waals surface area contributed by atoms with Crippen molar-refractivity contribution in [2.45, 2.75) is 95.8 Å². The van der Waals surface area contributed by atoms with Crippen molar-refractivity contribution in [1.29, 1.82) is 0 Å². The molecular weight excluding hydrogens is 428 g/mol. The van der Waals surface area contributed by atoms with Gasteiger partial charge in [-0.25, -0.2) is 4.79 Å². The van der Waals surface area contributed by atoms with Crippen molar-refractivity contribution in [1.82, 2.24) is 0 Å². The molecule has 4 heterocycles. The average Bonchev–Trinajstić information content (AvgIpc) is 3.19. The highest BCUT2D eigenvalue weighted by Gasteiger charge is 2.80. The van der Waals surface area contributed by atoms with Crippen LogP contribution in [0.15, 0.2) is 0 Å². The molecule has 5 aliphatic rings. The molecule has 3 fully saturated rings. The standard InChI is InChI=1S/C25H32O8/c1-12-14-11-30-20(27)17(14)19(29-6)13-9-15-22(4)7-8-24(28)32-21(2,3)25(22,33-24)16(26)10-23(15,5)31-18(12)13/h15-16,26,28H,7-11H2,1-6H3/t15-,16+,22+,23+,24+,25-/m0/s1. The van der Waals surface area contributed by atoms with Gasteiger partial charge in [0.2, 0.25) is 0 Å². The first-order valence-corrected chi connectivity index (χ1v) is 11.7. The zero-order valence-corrected chi connectivity index (χ0v) is 20.0. The molecule has 0 unspecified atom stereocenters. The van der Waals surface area contributed by atoms with Crippen molar-refractivity contribution in [3.05, 3.63) is 22.3 Å². The number of aliphatic hydroxyl groups is 2. The van der Waals surface area contributed by atoms with Crippen molar-refractivity contribution < 1.29 is 38.7 Å². The molecule has 1 spiro atoms. The van der Waals surface area contributed by atoms with Crippen LogP contribution in [0.2, 0.25) is 0 Å². The molecule has 1 saturated carbocycles. The van der Waals surface area contributed by atoms with Crippen LogP contribution in [0.4, 0.5) is 0 Å². The second-order valence-corrected chi connectivity index (χ2v) is 11.4. The van der Waals surface area contributed by atoms with E-state index in [1.807, 2.05) is 27.7 Å². The summed E-state index contributed by atoms with van der Waals surface area (Å²) in [5.41, 5.74) is -0.292. The van der Waals surface area contributed by atoms with Gasteiger partial charge in [-0.2, -0.15) is 0 Å². The second-order valence-electron chi connectivity index (χ2n) is 11.4. The summed E-state index contributed by atoms with van der Waals surface area (Å²) in [4.78, 5) is 12.5. The minimum atomic E-state index is -1.70. The second kappa shape index (κ2) is 6.03. The third-order valence-corrected chi connectivity index (χ3v) is 9.38. The molecule has 8 heteroatoms. The molecule has 0 aromatic heterocycles. The Morgan fingerprint density at radius 2 is 1.82 bits per heavy atom. The fourth-order valence-electron chi connectivity index (χ4n) is 8.09. The van der Waals surface area contributed by atoms with Crippen LogP contribution in [0.1, 0.15) is 74.0 Å². The normalized spacial score (nSPS) is 44.2. The molecule has 0 radical (unpaired) electrons. The highest BCUT2D eigenvalue weighted by atomic mass is 16.9. The third-order valence-electron chi connectivity index (χ3n) is 9.38. The zero-order chi connectivity index (χ0) is 23.8. The molecule has 6 atom stereocenters. The van der Waals surface area contributed by atoms with Gasteiger partial charge in [-0.3, -0.25) is 0 Å². The average molecular weight is 461 g/mol. The lowest BCUT2D eigenvalue weighted by atomic mass is 9.46. The SMILES string of the molecule is COc1c2c(c(C)c3c1C(=O)OC3)O[C@]1(C)C[C@@H](O)[C@@]34O[C@@](O)(CC[C@]3(C)[C@@H]1C2)OC4(C)C. The molecule has 1 aliphatic carbocycles. The Labute approximate surface area is 193 Å². The van der Waals surface area contributed by atoms with E-state index in [0.29, 0.717) is 42.7 Å². The van der Waals surface area contributed by atoms with E-state index in [2.05, 4.69) is 6.92 Å². The number of ether oxygens (including phenoxy) is 5. The molecule has 2 N–H and O–H groups in total. The number of hydrogen-bond donors (Lipinski definition) is 2. The van der Waals surface area contributed by atoms with Gasteiger partial charge in [0.15, 0.2) is 0 Å². The molecule has 2 bridgehead atoms. The number of benzene rings is 1. The monoisotopic (exact) mass is 460 g/mol. The van der Waals surface area contributed by atoms with E-state index in [0.717, 1.165) is 16.7 Å². The number of carbonyl (C=O) groups excluding carboxylic acids is 1. The van der Waals surface area contributed by atoms with E-state index in [9.17, 15) is 15.0 Å². The van der Waals surface area contributed by atoms with E-state index < -0.39 is 34.3 Å². The van der Waals surface area contributed by atoms with Crippen LogP contribution in [-0.2, 0) is 27.2 Å². The maximum absolute atomic E-state index is 12.5. The maximum Gasteiger partial charge on any atom is 0.342 e. The summed E-state index contributed by atoms with van der Waals surface area (Å²) in [6, 6.07) is 0. The van der Waals surface area contributed by atoms with Gasteiger partial charge in [0.1, 0.15) is 40.5 Å². The van der Waals surface area contributed by atoms with E-state index in [4.69, 9.17) is 23.7 Å². The minimum absolute atomic E-state index is 0.0878. The fourth-order valence-corrected chi connectivity index (χ4v) is 8.09. The summed E-state index contributed by atoms with van der Waals surface area (Å²) in [7, 11) is 1.57. The lowest BCUT2D eigenvalue weighted by Crippen LogP contribution is -2.76. The molecule has 4 aliphatic heterocycles. The van der Waals surface area contributed by atoms with E-state index in [-0.39, 0.29) is 18.5 Å². The molecule has 180 valence electrons. The molecule has 0 amide bonds. The Kier molecular flexibility index (Phi) is 3.95. The highest BCUT2D eigenvalue weighted by Crippen LogP contribution is 2.70. The maximum atomic E-state index is 12.5. The van der Waals surface area contributed by atoms with Crippen LogP contribution in [0, 0.1) is 18.3 Å². The highest BCUT2D eigenvalue weighted by molar-refractivity contribution is 5.98. The van der Waals surface area contributed by atoms with Gasteiger partial charge in [0.25, 0.3) is 5.97 Å². The summed E-state index contributed by atoms with van der Waals surface area (Å²) >= 11 is 0. The summed E-state index contributed by atoms with van der Waals surface area (Å²) in [6.45, 7) is 10.1. The Balaban J connectivity index is 1.56. The smallest absolute Gasteiger partial charge is 0.342 e. The van der Waals surface area contributed by atoms with Crippen LogP contribution >= 0.6 is 0 Å². The summed E-state index contributed by atoms with van der Waals surface area (Å²) in [6.07, 6.45) is 0.893. The Morgan fingerprint density at radius 3 is 2.52 bits per heavy atom. The number of rotatable bonds is 1. The number of esters is 1. The zero-order valence-electron chi connectivity index (χ0n) is 20.0. The predicted octanol–water partition coefficient (Wildman–Crippen LogP) is 2.76. The van der Waals surface area contributed by atoms with Crippen LogP contribution in [-0.4, -0.2) is 52.2 Å². The van der Waals surface area contributed by atoms with Crippen molar-refractivity contribution in [2.24, 2.45) is 11.3 Å². The minimum Gasteiger partial charge on any atom is -0.495 e. The number of cyclic esters (lactones) is 1. The van der Waals surface area contributed by atoms with Gasteiger partial charge in [-0.1, -0.05) is 6.92 Å². The molecule has 33 heavy (non-hydrogen) atoms. The topological polar surface area (TPSA) is 104 Å². The summed E-state index contributed by atoms with van der Waals surface area (Å²) < 4.78 is 30.2. The number of hydrogen-bond acceptors (Lipinski definition) is 8. The van der Waals surface area contributed by atoms with E-state index >= 15 is 0 Å². The molecular formula is C25H32O8. The van der Waals surface area contributed by atoms with E-state index in [1.165, 1.54) is 0 Å². The number of fused-ring (bicyclic) bond motifs is 5. The molecule has 2 saturated heterocycles. The number of methoxy groups -OCH3 is 1. The predicted molar refractivity (Wildman–Crippen MR) is 115 cm³/mol.